The van der Waals surface area contributed by atoms with Crippen molar-refractivity contribution in [2.75, 3.05) is 52.8 Å². The van der Waals surface area contributed by atoms with Crippen LogP contribution in [0.4, 0.5) is 10.2 Å². The maximum atomic E-state index is 14.9. The number of carbonyl (C=O) groups is 3. The van der Waals surface area contributed by atoms with E-state index in [1.165, 1.54) is 34.7 Å². The number of imide groups is 1. The lowest BCUT2D eigenvalue weighted by atomic mass is 9.85. The number of unbranched alkanes of at least 4 members (excludes halogenated alkanes) is 4. The Morgan fingerprint density at radius 2 is 1.72 bits per heavy atom. The molecule has 3 amide bonds. The molecular formula is C50H60FN7O5S. The average molecular weight is 890 g/mol. The van der Waals surface area contributed by atoms with Crippen LogP contribution in [0, 0.1) is 12.7 Å². The topological polar surface area (TPSA) is 129 Å². The molecule has 338 valence electrons. The summed E-state index contributed by atoms with van der Waals surface area (Å²) in [6, 6.07) is 16.9. The number of hydrogen-bond donors (Lipinski definition) is 2. The number of methoxy groups -OCH3 is 1. The highest BCUT2D eigenvalue weighted by Crippen LogP contribution is 2.40. The van der Waals surface area contributed by atoms with E-state index in [0.29, 0.717) is 35.9 Å². The lowest BCUT2D eigenvalue weighted by molar-refractivity contribution is -0.150. The van der Waals surface area contributed by atoms with Crippen LogP contribution in [0.5, 0.6) is 11.5 Å². The molecule has 0 radical (unpaired) electrons. The van der Waals surface area contributed by atoms with Crippen LogP contribution in [0.2, 0.25) is 0 Å². The van der Waals surface area contributed by atoms with E-state index in [4.69, 9.17) is 19.4 Å². The molecule has 2 atom stereocenters. The summed E-state index contributed by atoms with van der Waals surface area (Å²) in [5.41, 5.74) is 6.62. The lowest BCUT2D eigenvalue weighted by Gasteiger charge is -2.34. The Hall–Kier alpha value is -5.44. The second-order valence-electron chi connectivity index (χ2n) is 17.5. The van der Waals surface area contributed by atoms with Crippen LogP contribution in [0.3, 0.4) is 0 Å². The second kappa shape index (κ2) is 20.2. The van der Waals surface area contributed by atoms with Gasteiger partial charge in [0.1, 0.15) is 23.5 Å². The molecule has 64 heavy (non-hydrogen) atoms. The number of piperidine rings is 2. The molecule has 14 heteroatoms. The third-order valence-corrected chi connectivity index (χ3v) is 14.3. The van der Waals surface area contributed by atoms with E-state index in [2.05, 4.69) is 58.2 Å². The number of hydrogen-bond acceptors (Lipinski definition) is 11. The number of likely N-dealkylation sites (N-methyl/N-ethyl adjacent to an activating group) is 1. The van der Waals surface area contributed by atoms with E-state index in [1.807, 2.05) is 26.1 Å². The molecule has 2 N–H and O–H groups in total. The maximum Gasteiger partial charge on any atom is 0.255 e. The van der Waals surface area contributed by atoms with Crippen LogP contribution in [0.25, 0.3) is 22.0 Å². The van der Waals surface area contributed by atoms with Crippen LogP contribution in [-0.2, 0) is 22.7 Å². The largest absolute Gasteiger partial charge is 0.493 e. The van der Waals surface area contributed by atoms with Crippen molar-refractivity contribution in [2.24, 2.45) is 0 Å². The molecule has 8 rings (SSSR count). The highest BCUT2D eigenvalue weighted by atomic mass is 32.1. The zero-order valence-electron chi connectivity index (χ0n) is 37.7. The first-order valence-corrected chi connectivity index (χ1v) is 23.6. The highest BCUT2D eigenvalue weighted by molar-refractivity contribution is 7.10. The number of aromatic nitrogens is 2. The Balaban J connectivity index is 0.779. The number of rotatable bonds is 18. The predicted molar refractivity (Wildman–Crippen MR) is 249 cm³/mol. The number of aryl methyl sites for hydroxylation is 1. The van der Waals surface area contributed by atoms with Gasteiger partial charge in [-0.1, -0.05) is 43.5 Å². The number of nitrogens with zero attached hydrogens (tertiary/aromatic N) is 5. The minimum absolute atomic E-state index is 0.0246. The number of likely N-dealkylation sites (tertiary alicyclic amines) is 2. The van der Waals surface area contributed by atoms with Crippen LogP contribution in [0.1, 0.15) is 114 Å². The first-order chi connectivity index (χ1) is 31.0. The summed E-state index contributed by atoms with van der Waals surface area (Å²) in [6.07, 6.45) is 7.67. The summed E-state index contributed by atoms with van der Waals surface area (Å²) >= 11 is 1.74. The molecule has 3 aromatic carbocycles. The fourth-order valence-electron chi connectivity index (χ4n) is 9.62. The number of thiophene rings is 1. The number of fused-ring (bicyclic) bond motifs is 2. The van der Waals surface area contributed by atoms with Gasteiger partial charge in [-0.15, -0.1) is 11.3 Å². The van der Waals surface area contributed by atoms with E-state index in [-0.39, 0.29) is 42.6 Å². The van der Waals surface area contributed by atoms with Crippen molar-refractivity contribution in [3.05, 3.63) is 98.7 Å². The van der Waals surface area contributed by atoms with Crippen molar-refractivity contribution < 1.29 is 28.2 Å². The number of amides is 3. The minimum Gasteiger partial charge on any atom is -0.493 e. The van der Waals surface area contributed by atoms with Gasteiger partial charge in [0.05, 0.1) is 25.3 Å². The molecule has 1 unspecified atom stereocenters. The van der Waals surface area contributed by atoms with Gasteiger partial charge in [-0.2, -0.15) is 0 Å². The number of benzene rings is 3. The van der Waals surface area contributed by atoms with Crippen molar-refractivity contribution in [1.82, 2.24) is 30.0 Å². The van der Waals surface area contributed by atoms with Crippen LogP contribution in [-0.4, -0.2) is 95.9 Å². The first kappa shape index (κ1) is 45.1. The molecule has 0 aliphatic carbocycles. The summed E-state index contributed by atoms with van der Waals surface area (Å²) in [6.45, 7) is 8.62. The molecule has 3 aliphatic rings. The predicted octanol–water partition coefficient (Wildman–Crippen LogP) is 9.02. The summed E-state index contributed by atoms with van der Waals surface area (Å²) in [4.78, 5) is 54.3. The number of carbonyl (C=O) groups excluding carboxylic acids is 3. The maximum absolute atomic E-state index is 14.9. The molecule has 5 heterocycles. The Labute approximate surface area is 379 Å². The molecule has 0 bridgehead atoms. The Morgan fingerprint density at radius 1 is 0.938 bits per heavy atom. The number of halogens is 1. The fourth-order valence-corrected chi connectivity index (χ4v) is 10.5. The third kappa shape index (κ3) is 9.79. The van der Waals surface area contributed by atoms with Crippen molar-refractivity contribution >= 4 is 45.8 Å². The van der Waals surface area contributed by atoms with Gasteiger partial charge in [-0.3, -0.25) is 19.3 Å². The van der Waals surface area contributed by atoms with Gasteiger partial charge >= 0.3 is 0 Å². The van der Waals surface area contributed by atoms with Crippen LogP contribution >= 0.6 is 11.3 Å². The SMILES string of the molecule is CNCc1ccccc1-c1csc([C@@H](C)Nc2nc(C)nc3cc(OCCCCCCCN4CCC(c5cc(F)cc6c5CN(C5CCC(=O)N(C)C5=O)C6=O)CC4)c(OC)cc23)c1. The van der Waals surface area contributed by atoms with Gasteiger partial charge < -0.3 is 29.9 Å². The van der Waals surface area contributed by atoms with E-state index in [1.54, 1.807) is 29.4 Å². The Kier molecular flexibility index (Phi) is 14.2. The molecule has 3 aliphatic heterocycles. The smallest absolute Gasteiger partial charge is 0.255 e. The van der Waals surface area contributed by atoms with Gasteiger partial charge in [-0.05, 0) is 136 Å². The molecule has 5 aromatic rings. The second-order valence-corrected chi connectivity index (χ2v) is 18.4. The van der Waals surface area contributed by atoms with Crippen molar-refractivity contribution in [1.29, 1.82) is 0 Å². The van der Waals surface area contributed by atoms with E-state index >= 15 is 0 Å². The molecule has 0 saturated carbocycles. The average Bonchev–Trinajstić information content (AvgIpc) is 3.92. The van der Waals surface area contributed by atoms with Crippen LogP contribution < -0.4 is 20.1 Å². The number of ether oxygens (including phenoxy) is 2. The lowest BCUT2D eigenvalue weighted by Crippen LogP contribution is -2.53. The van der Waals surface area contributed by atoms with Crippen molar-refractivity contribution in [2.45, 2.75) is 103 Å². The van der Waals surface area contributed by atoms with Crippen molar-refractivity contribution in [3.8, 4) is 22.6 Å². The summed E-state index contributed by atoms with van der Waals surface area (Å²) in [5, 5.41) is 10.0. The third-order valence-electron chi connectivity index (χ3n) is 13.2. The van der Waals surface area contributed by atoms with Gasteiger partial charge in [0, 0.05) is 48.5 Å². The molecule has 2 aromatic heterocycles. The molecular weight excluding hydrogens is 830 g/mol. The van der Waals surface area contributed by atoms with E-state index in [9.17, 15) is 18.8 Å². The van der Waals surface area contributed by atoms with Gasteiger partial charge in [-0.25, -0.2) is 14.4 Å². The monoisotopic (exact) mass is 889 g/mol. The zero-order valence-corrected chi connectivity index (χ0v) is 38.5. The Morgan fingerprint density at radius 3 is 2.52 bits per heavy atom. The van der Waals surface area contributed by atoms with Crippen molar-refractivity contribution in [3.63, 3.8) is 0 Å². The van der Waals surface area contributed by atoms with Gasteiger partial charge in [0.15, 0.2) is 11.5 Å². The summed E-state index contributed by atoms with van der Waals surface area (Å²) in [5.74, 6) is 1.58. The molecule has 12 nitrogen and oxygen atoms in total. The number of anilines is 1. The van der Waals surface area contributed by atoms with E-state index < -0.39 is 11.9 Å². The van der Waals surface area contributed by atoms with E-state index in [0.717, 1.165) is 104 Å². The molecule has 2 fully saturated rings. The molecule has 0 spiro atoms. The minimum atomic E-state index is -0.696. The zero-order chi connectivity index (χ0) is 44.9. The highest BCUT2D eigenvalue weighted by Gasteiger charge is 2.43. The first-order valence-electron chi connectivity index (χ1n) is 22.8. The van der Waals surface area contributed by atoms with Gasteiger partial charge in [0.2, 0.25) is 5.91 Å². The standard InChI is InChI=1S/C50H60FN7O5S/c1-31(46-23-35(30-64-46)37-14-10-9-13-34(37)28-52-3)53-48-40-26-44(62-5)45(27-42(40)54-32(2)55-48)63-22-12-8-6-7-11-19-57-20-17-33(18-21-57)38-24-36(51)25-39-41(38)29-58(49(39)60)43-15-16-47(59)56(4)50(43)61/h9-10,13-14,23-27,30-31,33,43,52H,6-8,11-12,15-22,28-29H2,1-5H3,(H,53,54,55)/t31-,43?/m1/s1. The Bertz CT molecular complexity index is 2500. The van der Waals surface area contributed by atoms with Crippen LogP contribution in [0.15, 0.2) is 60.0 Å². The summed E-state index contributed by atoms with van der Waals surface area (Å²) in [7, 11) is 5.10. The summed E-state index contributed by atoms with van der Waals surface area (Å²) < 4.78 is 27.0. The quantitative estimate of drug-likeness (QED) is 0.0650. The number of nitrogens with one attached hydrogen (secondary N) is 2. The fraction of sp³-hybridized carbons (Fsp3) is 0.460. The molecule has 2 saturated heterocycles. The van der Waals surface area contributed by atoms with Gasteiger partial charge in [0.25, 0.3) is 11.8 Å². The normalized spacial score (nSPS) is 17.7.